The number of methoxy groups -OCH3 is 1. The van der Waals surface area contributed by atoms with Crippen LogP contribution in [0.3, 0.4) is 0 Å². The molecule has 2 heterocycles. The highest BCUT2D eigenvalue weighted by Crippen LogP contribution is 2.29. The van der Waals surface area contributed by atoms with Crippen molar-refractivity contribution in [2.24, 2.45) is 0 Å². The second-order valence-electron chi connectivity index (χ2n) is 7.48. The van der Waals surface area contributed by atoms with Gasteiger partial charge in [0.2, 0.25) is 0 Å². The van der Waals surface area contributed by atoms with Crippen molar-refractivity contribution in [3.05, 3.63) is 65.5 Å². The summed E-state index contributed by atoms with van der Waals surface area (Å²) in [6.07, 6.45) is 7.95. The normalized spacial score (nSPS) is 14.5. The van der Waals surface area contributed by atoms with Gasteiger partial charge in [0.1, 0.15) is 5.75 Å². The van der Waals surface area contributed by atoms with Crippen molar-refractivity contribution in [1.82, 2.24) is 4.98 Å². The van der Waals surface area contributed by atoms with E-state index in [1.807, 2.05) is 6.20 Å². The molecule has 0 amide bonds. The summed E-state index contributed by atoms with van der Waals surface area (Å²) >= 11 is 0. The third-order valence-electron chi connectivity index (χ3n) is 5.67. The smallest absolute Gasteiger partial charge is 0.126 e. The van der Waals surface area contributed by atoms with Gasteiger partial charge in [-0.1, -0.05) is 30.3 Å². The number of fused-ring (bicyclic) bond motifs is 1. The Morgan fingerprint density at radius 2 is 1.74 bits per heavy atom. The third kappa shape index (κ3) is 3.78. The van der Waals surface area contributed by atoms with Crippen LogP contribution in [0, 0.1) is 6.92 Å². The number of nitrogens with zero attached hydrogens (tertiary/aromatic N) is 2. The number of aromatic nitrogens is 1. The monoisotopic (exact) mass is 360 g/mol. The topological polar surface area (TPSA) is 25.4 Å². The summed E-state index contributed by atoms with van der Waals surface area (Å²) in [6, 6.07) is 15.1. The van der Waals surface area contributed by atoms with Crippen LogP contribution in [0.15, 0.2) is 48.7 Å². The fourth-order valence-electron chi connectivity index (χ4n) is 4.16. The molecule has 3 aromatic rings. The number of aryl methyl sites for hydroxylation is 3. The van der Waals surface area contributed by atoms with Crippen molar-refractivity contribution in [2.75, 3.05) is 25.1 Å². The van der Waals surface area contributed by atoms with Crippen LogP contribution in [0.2, 0.25) is 0 Å². The molecular formula is C24H28N2O. The predicted molar refractivity (Wildman–Crippen MR) is 113 cm³/mol. The lowest BCUT2D eigenvalue weighted by molar-refractivity contribution is 0.419. The van der Waals surface area contributed by atoms with Crippen LogP contribution < -0.4 is 9.64 Å². The van der Waals surface area contributed by atoms with Crippen molar-refractivity contribution < 1.29 is 4.74 Å². The number of ether oxygens (including phenoxy) is 1. The molecule has 1 fully saturated rings. The molecule has 0 atom stereocenters. The highest BCUT2D eigenvalue weighted by molar-refractivity contribution is 5.91. The van der Waals surface area contributed by atoms with E-state index >= 15 is 0 Å². The van der Waals surface area contributed by atoms with Crippen molar-refractivity contribution in [1.29, 1.82) is 0 Å². The number of hydrogen-bond donors (Lipinski definition) is 0. The van der Waals surface area contributed by atoms with Gasteiger partial charge in [-0.05, 0) is 67.7 Å². The molecule has 0 N–H and O–H groups in total. The Kier molecular flexibility index (Phi) is 5.28. The first-order valence-electron chi connectivity index (χ1n) is 10.0. The maximum absolute atomic E-state index is 5.52. The molecule has 1 aromatic heterocycles. The Hall–Kier alpha value is -2.55. The van der Waals surface area contributed by atoms with Crippen molar-refractivity contribution in [3.8, 4) is 5.75 Å². The molecule has 2 aromatic carbocycles. The van der Waals surface area contributed by atoms with E-state index in [2.05, 4.69) is 54.3 Å². The highest BCUT2D eigenvalue weighted by Gasteiger charge is 2.14. The van der Waals surface area contributed by atoms with Gasteiger partial charge in [0.05, 0.1) is 7.11 Å². The zero-order chi connectivity index (χ0) is 18.6. The van der Waals surface area contributed by atoms with Gasteiger partial charge in [0, 0.05) is 36.1 Å². The van der Waals surface area contributed by atoms with Gasteiger partial charge in [-0.25, -0.2) is 0 Å². The van der Waals surface area contributed by atoms with Crippen LogP contribution in [0.25, 0.3) is 10.8 Å². The number of rotatable bonds is 5. The Morgan fingerprint density at radius 1 is 0.963 bits per heavy atom. The molecule has 1 saturated heterocycles. The Morgan fingerprint density at radius 3 is 2.52 bits per heavy atom. The second-order valence-corrected chi connectivity index (χ2v) is 7.48. The zero-order valence-corrected chi connectivity index (χ0v) is 16.4. The van der Waals surface area contributed by atoms with E-state index in [-0.39, 0.29) is 0 Å². The number of piperidine rings is 1. The minimum atomic E-state index is 0.940. The summed E-state index contributed by atoms with van der Waals surface area (Å²) in [5.74, 6) is 0.940. The van der Waals surface area contributed by atoms with Gasteiger partial charge >= 0.3 is 0 Å². The second kappa shape index (κ2) is 7.99. The summed E-state index contributed by atoms with van der Waals surface area (Å²) in [6.45, 7) is 4.53. The van der Waals surface area contributed by atoms with Crippen LogP contribution in [-0.2, 0) is 12.8 Å². The SMILES string of the molecule is COc1ccc(CCc2cc(N3CCCCC3)c(C)cn2)c2ccccc12. The molecule has 0 radical (unpaired) electrons. The van der Waals surface area contributed by atoms with E-state index in [1.165, 1.54) is 65.6 Å². The Labute approximate surface area is 162 Å². The largest absolute Gasteiger partial charge is 0.496 e. The molecule has 3 nitrogen and oxygen atoms in total. The standard InChI is InChI=1S/C24H28N2O/c1-18-17-25-20(16-23(18)26-14-6-3-7-15-26)12-10-19-11-13-24(27-2)22-9-5-4-8-21(19)22/h4-5,8-9,11,13,16-17H,3,6-7,10,12,14-15H2,1-2H3. The fraction of sp³-hybridized carbons (Fsp3) is 0.375. The zero-order valence-electron chi connectivity index (χ0n) is 16.4. The molecule has 27 heavy (non-hydrogen) atoms. The molecule has 140 valence electrons. The van der Waals surface area contributed by atoms with Gasteiger partial charge in [-0.2, -0.15) is 0 Å². The molecule has 1 aliphatic rings. The first-order valence-corrected chi connectivity index (χ1v) is 10.0. The van der Waals surface area contributed by atoms with Crippen molar-refractivity contribution >= 4 is 16.5 Å². The lowest BCUT2D eigenvalue weighted by Gasteiger charge is -2.30. The fourth-order valence-corrected chi connectivity index (χ4v) is 4.16. The number of anilines is 1. The average molecular weight is 361 g/mol. The van der Waals surface area contributed by atoms with E-state index in [1.54, 1.807) is 7.11 Å². The molecular weight excluding hydrogens is 332 g/mol. The minimum absolute atomic E-state index is 0.940. The molecule has 0 aliphatic carbocycles. The van der Waals surface area contributed by atoms with E-state index in [4.69, 9.17) is 9.72 Å². The number of hydrogen-bond acceptors (Lipinski definition) is 3. The van der Waals surface area contributed by atoms with Gasteiger partial charge in [-0.3, -0.25) is 4.98 Å². The van der Waals surface area contributed by atoms with Crippen LogP contribution in [-0.4, -0.2) is 25.2 Å². The molecule has 4 rings (SSSR count). The maximum atomic E-state index is 5.52. The first-order chi connectivity index (χ1) is 13.3. The van der Waals surface area contributed by atoms with Gasteiger partial charge in [0.25, 0.3) is 0 Å². The summed E-state index contributed by atoms with van der Waals surface area (Å²) in [5, 5.41) is 2.46. The molecule has 0 bridgehead atoms. The molecule has 0 spiro atoms. The van der Waals surface area contributed by atoms with Crippen LogP contribution in [0.1, 0.15) is 36.1 Å². The summed E-state index contributed by atoms with van der Waals surface area (Å²) in [4.78, 5) is 7.25. The van der Waals surface area contributed by atoms with Crippen LogP contribution in [0.5, 0.6) is 5.75 Å². The Bertz CT molecular complexity index is 929. The number of pyridine rings is 1. The van der Waals surface area contributed by atoms with E-state index in [9.17, 15) is 0 Å². The summed E-state index contributed by atoms with van der Waals surface area (Å²) in [7, 11) is 1.74. The third-order valence-corrected chi connectivity index (χ3v) is 5.67. The quantitative estimate of drug-likeness (QED) is 0.615. The van der Waals surface area contributed by atoms with Crippen LogP contribution in [0.4, 0.5) is 5.69 Å². The van der Waals surface area contributed by atoms with E-state index < -0.39 is 0 Å². The lowest BCUT2D eigenvalue weighted by atomic mass is 9.99. The highest BCUT2D eigenvalue weighted by atomic mass is 16.5. The first kappa shape index (κ1) is 17.8. The van der Waals surface area contributed by atoms with Gasteiger partial charge in [0.15, 0.2) is 0 Å². The van der Waals surface area contributed by atoms with Crippen molar-refractivity contribution in [2.45, 2.75) is 39.0 Å². The number of benzene rings is 2. The molecule has 1 aliphatic heterocycles. The van der Waals surface area contributed by atoms with Crippen LogP contribution >= 0.6 is 0 Å². The van der Waals surface area contributed by atoms with Gasteiger partial charge < -0.3 is 9.64 Å². The van der Waals surface area contributed by atoms with Crippen molar-refractivity contribution in [3.63, 3.8) is 0 Å². The van der Waals surface area contributed by atoms with E-state index in [0.717, 1.165) is 18.6 Å². The summed E-state index contributed by atoms with van der Waals surface area (Å²) < 4.78 is 5.52. The maximum Gasteiger partial charge on any atom is 0.126 e. The lowest BCUT2D eigenvalue weighted by Crippen LogP contribution is -2.30. The van der Waals surface area contributed by atoms with E-state index in [0.29, 0.717) is 0 Å². The predicted octanol–water partition coefficient (Wildman–Crippen LogP) is 5.33. The molecule has 3 heteroatoms. The minimum Gasteiger partial charge on any atom is -0.496 e. The summed E-state index contributed by atoms with van der Waals surface area (Å²) in [5.41, 5.74) is 5.20. The van der Waals surface area contributed by atoms with Gasteiger partial charge in [-0.15, -0.1) is 0 Å². The molecule has 0 unspecified atom stereocenters. The molecule has 0 saturated carbocycles. The average Bonchev–Trinajstić information content (AvgIpc) is 2.73. The Balaban J connectivity index is 1.56.